The number of halogens is 1. The second kappa shape index (κ2) is 4.48. The van der Waals surface area contributed by atoms with E-state index in [1.165, 1.54) is 12.8 Å². The largest absolute Gasteiger partial charge is 0.299 e. The van der Waals surface area contributed by atoms with Crippen molar-refractivity contribution in [2.24, 2.45) is 11.8 Å². The van der Waals surface area contributed by atoms with Gasteiger partial charge in [0, 0.05) is 16.8 Å². The van der Waals surface area contributed by atoms with Gasteiger partial charge in [0.15, 0.2) is 0 Å². The van der Waals surface area contributed by atoms with Crippen LogP contribution in [0.15, 0.2) is 28.7 Å². The topological polar surface area (TPSA) is 17.1 Å². The number of rotatable bonds is 4. The maximum Gasteiger partial charge on any atom is 0.140 e. The molecule has 1 fully saturated rings. The molecular weight excluding hydrogens is 252 g/mol. The molecule has 1 saturated carbocycles. The van der Waals surface area contributed by atoms with Crippen LogP contribution in [0, 0.1) is 11.8 Å². The second-order valence-electron chi connectivity index (χ2n) is 4.40. The summed E-state index contributed by atoms with van der Waals surface area (Å²) in [5.41, 5.74) is 1.12. The van der Waals surface area contributed by atoms with Crippen LogP contribution in [0.2, 0.25) is 0 Å². The number of carbonyl (C=O) groups excluding carboxylic acids is 1. The van der Waals surface area contributed by atoms with Crippen LogP contribution < -0.4 is 0 Å². The van der Waals surface area contributed by atoms with Gasteiger partial charge in [-0.1, -0.05) is 35.0 Å². The van der Waals surface area contributed by atoms with E-state index >= 15 is 0 Å². The summed E-state index contributed by atoms with van der Waals surface area (Å²) in [4.78, 5) is 11.9. The zero-order valence-electron chi connectivity index (χ0n) is 8.87. The summed E-state index contributed by atoms with van der Waals surface area (Å²) in [7, 11) is 0. The molecule has 1 aliphatic rings. The Bertz CT molecular complexity index is 351. The summed E-state index contributed by atoms with van der Waals surface area (Å²) in [5, 5.41) is 0. The Morgan fingerprint density at radius 2 is 2.00 bits per heavy atom. The van der Waals surface area contributed by atoms with Crippen LogP contribution in [0.25, 0.3) is 0 Å². The van der Waals surface area contributed by atoms with E-state index in [1.54, 1.807) is 0 Å². The van der Waals surface area contributed by atoms with E-state index in [0.717, 1.165) is 10.0 Å². The lowest BCUT2D eigenvalue weighted by atomic mass is 9.95. The molecule has 0 amide bonds. The lowest BCUT2D eigenvalue weighted by Gasteiger charge is -2.08. The van der Waals surface area contributed by atoms with Gasteiger partial charge >= 0.3 is 0 Å². The minimum atomic E-state index is 0.258. The molecule has 0 aromatic heterocycles. The number of hydrogen-bond donors (Lipinski definition) is 0. The lowest BCUT2D eigenvalue weighted by molar-refractivity contribution is -0.122. The molecule has 0 bridgehead atoms. The highest BCUT2D eigenvalue weighted by Crippen LogP contribution is 2.37. The van der Waals surface area contributed by atoms with Gasteiger partial charge in [0.2, 0.25) is 0 Å². The first kappa shape index (κ1) is 10.9. The molecular formula is C13H15BrO. The lowest BCUT2D eigenvalue weighted by Crippen LogP contribution is -2.15. The van der Waals surface area contributed by atoms with Crippen molar-refractivity contribution in [3.63, 3.8) is 0 Å². The third kappa shape index (κ3) is 2.91. The average molecular weight is 267 g/mol. The summed E-state index contributed by atoms with van der Waals surface area (Å²) in [6, 6.07) is 8.01. The Kier molecular flexibility index (Phi) is 3.25. The van der Waals surface area contributed by atoms with Crippen molar-refractivity contribution in [3.8, 4) is 0 Å². The Morgan fingerprint density at radius 3 is 2.53 bits per heavy atom. The maximum atomic E-state index is 11.9. The van der Waals surface area contributed by atoms with Crippen LogP contribution in [0.5, 0.6) is 0 Å². The normalized spacial score (nSPS) is 17.5. The van der Waals surface area contributed by atoms with E-state index in [1.807, 2.05) is 24.3 Å². The van der Waals surface area contributed by atoms with Gasteiger partial charge in [0.25, 0.3) is 0 Å². The van der Waals surface area contributed by atoms with Crippen LogP contribution in [0.3, 0.4) is 0 Å². The van der Waals surface area contributed by atoms with Crippen LogP contribution in [-0.2, 0) is 11.2 Å². The highest BCUT2D eigenvalue weighted by molar-refractivity contribution is 9.10. The molecule has 0 N–H and O–H groups in total. The monoisotopic (exact) mass is 266 g/mol. The quantitative estimate of drug-likeness (QED) is 0.814. The highest BCUT2D eigenvalue weighted by Gasteiger charge is 2.32. The highest BCUT2D eigenvalue weighted by atomic mass is 79.9. The molecule has 1 unspecified atom stereocenters. The molecule has 0 radical (unpaired) electrons. The van der Waals surface area contributed by atoms with Gasteiger partial charge in [0.1, 0.15) is 5.78 Å². The van der Waals surface area contributed by atoms with E-state index in [0.29, 0.717) is 18.1 Å². The van der Waals surface area contributed by atoms with E-state index in [2.05, 4.69) is 22.9 Å². The van der Waals surface area contributed by atoms with Gasteiger partial charge in [-0.2, -0.15) is 0 Å². The molecule has 1 aromatic rings. The zero-order chi connectivity index (χ0) is 10.8. The standard InChI is InChI=1S/C13H15BrO/c1-9(11-4-5-11)13(15)8-10-2-6-12(14)7-3-10/h2-3,6-7,9,11H,4-5,8H2,1H3. The number of hydrogen-bond acceptors (Lipinski definition) is 1. The van der Waals surface area contributed by atoms with E-state index in [9.17, 15) is 4.79 Å². The molecule has 0 aliphatic heterocycles. The van der Waals surface area contributed by atoms with Crippen LogP contribution in [0.4, 0.5) is 0 Å². The summed E-state index contributed by atoms with van der Waals surface area (Å²) in [5.74, 6) is 1.32. The van der Waals surface area contributed by atoms with E-state index in [-0.39, 0.29) is 5.92 Å². The molecule has 0 spiro atoms. The summed E-state index contributed by atoms with van der Waals surface area (Å²) in [6.07, 6.45) is 3.07. The fraction of sp³-hybridized carbons (Fsp3) is 0.462. The predicted molar refractivity (Wildman–Crippen MR) is 64.7 cm³/mol. The van der Waals surface area contributed by atoms with Crippen molar-refractivity contribution in [3.05, 3.63) is 34.3 Å². The van der Waals surface area contributed by atoms with Crippen molar-refractivity contribution in [2.45, 2.75) is 26.2 Å². The third-order valence-corrected chi connectivity index (χ3v) is 3.66. The summed E-state index contributed by atoms with van der Waals surface area (Å²) < 4.78 is 1.06. The van der Waals surface area contributed by atoms with E-state index in [4.69, 9.17) is 0 Å². The van der Waals surface area contributed by atoms with Gasteiger partial charge in [-0.25, -0.2) is 0 Å². The van der Waals surface area contributed by atoms with Crippen LogP contribution >= 0.6 is 15.9 Å². The fourth-order valence-corrected chi connectivity index (χ4v) is 2.09. The smallest absolute Gasteiger partial charge is 0.140 e. The fourth-order valence-electron chi connectivity index (χ4n) is 1.82. The van der Waals surface area contributed by atoms with Gasteiger partial charge < -0.3 is 0 Å². The van der Waals surface area contributed by atoms with Crippen LogP contribution in [0.1, 0.15) is 25.3 Å². The van der Waals surface area contributed by atoms with Crippen molar-refractivity contribution < 1.29 is 4.79 Å². The summed E-state index contributed by atoms with van der Waals surface area (Å²) in [6.45, 7) is 2.07. The molecule has 0 saturated heterocycles. The van der Waals surface area contributed by atoms with Crippen molar-refractivity contribution in [1.29, 1.82) is 0 Å². The van der Waals surface area contributed by atoms with Gasteiger partial charge in [0.05, 0.1) is 0 Å². The molecule has 15 heavy (non-hydrogen) atoms. The van der Waals surface area contributed by atoms with Gasteiger partial charge in [-0.05, 0) is 36.5 Å². The average Bonchev–Trinajstić information content (AvgIpc) is 3.04. The number of carbonyl (C=O) groups is 1. The third-order valence-electron chi connectivity index (χ3n) is 3.13. The molecule has 2 rings (SSSR count). The molecule has 0 heterocycles. The Labute approximate surface area is 99.0 Å². The minimum Gasteiger partial charge on any atom is -0.299 e. The van der Waals surface area contributed by atoms with Crippen molar-refractivity contribution in [2.75, 3.05) is 0 Å². The molecule has 1 nitrogen and oxygen atoms in total. The van der Waals surface area contributed by atoms with E-state index < -0.39 is 0 Å². The molecule has 1 aliphatic carbocycles. The first-order valence-corrected chi connectivity index (χ1v) is 6.23. The Balaban J connectivity index is 1.95. The van der Waals surface area contributed by atoms with Crippen LogP contribution in [-0.4, -0.2) is 5.78 Å². The number of benzene rings is 1. The first-order chi connectivity index (χ1) is 7.16. The molecule has 2 heteroatoms. The van der Waals surface area contributed by atoms with Crippen molar-refractivity contribution in [1.82, 2.24) is 0 Å². The maximum absolute atomic E-state index is 11.9. The summed E-state index contributed by atoms with van der Waals surface area (Å²) >= 11 is 3.39. The van der Waals surface area contributed by atoms with Gasteiger partial charge in [-0.15, -0.1) is 0 Å². The second-order valence-corrected chi connectivity index (χ2v) is 5.31. The minimum absolute atomic E-state index is 0.258. The number of ketones is 1. The predicted octanol–water partition coefficient (Wildman–Crippen LogP) is 3.61. The Hall–Kier alpha value is -0.630. The first-order valence-electron chi connectivity index (χ1n) is 5.44. The SMILES string of the molecule is CC(C(=O)Cc1ccc(Br)cc1)C1CC1. The van der Waals surface area contributed by atoms with Gasteiger partial charge in [-0.3, -0.25) is 4.79 Å². The number of Topliss-reactive ketones (excluding diaryl/α,β-unsaturated/α-hetero) is 1. The molecule has 80 valence electrons. The molecule has 1 aromatic carbocycles. The van der Waals surface area contributed by atoms with Crippen molar-refractivity contribution >= 4 is 21.7 Å². The zero-order valence-corrected chi connectivity index (χ0v) is 10.5. The molecule has 1 atom stereocenters. The Morgan fingerprint density at radius 1 is 1.40 bits per heavy atom.